The number of nitrogens with two attached hydrogens (primary N) is 1. The summed E-state index contributed by atoms with van der Waals surface area (Å²) < 4.78 is 27.9. The van der Waals surface area contributed by atoms with Gasteiger partial charge in [0, 0.05) is 24.9 Å². The van der Waals surface area contributed by atoms with Crippen molar-refractivity contribution in [2.75, 3.05) is 11.1 Å². The molecule has 1 aromatic carbocycles. The molecule has 3 N–H and O–H groups in total. The number of rotatable bonds is 2. The van der Waals surface area contributed by atoms with Crippen molar-refractivity contribution in [1.29, 1.82) is 0 Å². The number of hydrogen-bond acceptors (Lipinski definition) is 3. The van der Waals surface area contributed by atoms with Crippen LogP contribution in [-0.4, -0.2) is 9.78 Å². The Labute approximate surface area is 97.0 Å². The van der Waals surface area contributed by atoms with E-state index in [0.29, 0.717) is 5.82 Å². The fourth-order valence-corrected chi connectivity index (χ4v) is 1.45. The van der Waals surface area contributed by atoms with E-state index in [1.165, 1.54) is 0 Å². The van der Waals surface area contributed by atoms with E-state index in [1.807, 2.05) is 6.92 Å². The number of hydrogen-bond donors (Lipinski definition) is 2. The van der Waals surface area contributed by atoms with Gasteiger partial charge >= 0.3 is 0 Å². The first-order valence-corrected chi connectivity index (χ1v) is 4.99. The monoisotopic (exact) mass is 238 g/mol. The normalized spacial score (nSPS) is 10.6. The van der Waals surface area contributed by atoms with Crippen LogP contribution in [0.4, 0.5) is 26.0 Å². The fraction of sp³-hybridized carbons (Fsp3) is 0.182. The summed E-state index contributed by atoms with van der Waals surface area (Å²) in [4.78, 5) is 0. The Hall–Kier alpha value is -2.11. The van der Waals surface area contributed by atoms with Gasteiger partial charge in [0.15, 0.2) is 11.6 Å². The molecule has 0 radical (unpaired) electrons. The highest BCUT2D eigenvalue weighted by Gasteiger charge is 2.10. The van der Waals surface area contributed by atoms with Crippen molar-refractivity contribution in [1.82, 2.24) is 9.78 Å². The van der Waals surface area contributed by atoms with E-state index < -0.39 is 11.6 Å². The van der Waals surface area contributed by atoms with Crippen molar-refractivity contribution in [2.24, 2.45) is 7.05 Å². The number of halogens is 2. The molecule has 0 bridgehead atoms. The summed E-state index contributed by atoms with van der Waals surface area (Å²) in [5.41, 5.74) is 6.46. The van der Waals surface area contributed by atoms with Crippen LogP contribution in [0.1, 0.15) is 5.69 Å². The number of aryl methyl sites for hydroxylation is 2. The van der Waals surface area contributed by atoms with Crippen LogP contribution in [0.5, 0.6) is 0 Å². The summed E-state index contributed by atoms with van der Waals surface area (Å²) in [6, 6.07) is 3.62. The van der Waals surface area contributed by atoms with Gasteiger partial charge in [-0.1, -0.05) is 0 Å². The van der Waals surface area contributed by atoms with Gasteiger partial charge in [0.25, 0.3) is 0 Å². The summed E-state index contributed by atoms with van der Waals surface area (Å²) in [6.07, 6.45) is 0. The van der Waals surface area contributed by atoms with Gasteiger partial charge in [-0.25, -0.2) is 8.78 Å². The number of nitrogens with zero attached hydrogens (tertiary/aromatic N) is 2. The van der Waals surface area contributed by atoms with Crippen LogP contribution >= 0.6 is 0 Å². The third kappa shape index (κ3) is 2.20. The number of anilines is 3. The number of aromatic nitrogens is 2. The molecule has 0 saturated carbocycles. The number of nitrogens with one attached hydrogen (secondary N) is 1. The first-order valence-electron chi connectivity index (χ1n) is 4.99. The largest absolute Gasteiger partial charge is 0.395 e. The van der Waals surface area contributed by atoms with Crippen LogP contribution in [0.15, 0.2) is 18.2 Å². The third-order valence-corrected chi connectivity index (χ3v) is 2.47. The first-order chi connectivity index (χ1) is 7.97. The highest BCUT2D eigenvalue weighted by atomic mass is 19.1. The smallest absolute Gasteiger partial charge is 0.152 e. The molecule has 4 nitrogen and oxygen atoms in total. The third-order valence-electron chi connectivity index (χ3n) is 2.47. The quantitative estimate of drug-likeness (QED) is 0.789. The molecule has 0 fully saturated rings. The van der Waals surface area contributed by atoms with Crippen LogP contribution in [0.2, 0.25) is 0 Å². The van der Waals surface area contributed by atoms with Crippen LogP contribution in [0.3, 0.4) is 0 Å². The molecule has 1 heterocycles. The van der Waals surface area contributed by atoms with Crippen molar-refractivity contribution in [3.8, 4) is 0 Å². The van der Waals surface area contributed by atoms with E-state index >= 15 is 0 Å². The molecule has 2 rings (SSSR count). The molecule has 1 aromatic heterocycles. The Kier molecular flexibility index (Phi) is 2.71. The lowest BCUT2D eigenvalue weighted by Crippen LogP contribution is -2.01. The summed E-state index contributed by atoms with van der Waals surface area (Å²) in [5.74, 6) is -0.992. The molecule has 0 aliphatic carbocycles. The predicted octanol–water partition coefficient (Wildman–Crippen LogP) is 2.33. The fourth-order valence-electron chi connectivity index (χ4n) is 1.45. The highest BCUT2D eigenvalue weighted by Crippen LogP contribution is 2.26. The van der Waals surface area contributed by atoms with Crippen molar-refractivity contribution < 1.29 is 8.78 Å². The lowest BCUT2D eigenvalue weighted by atomic mass is 10.2. The molecule has 6 heteroatoms. The standard InChI is InChI=1S/C11H12F2N4/c1-6-3-10(16-17(6)2)15-9-5-7(12)4-8(13)11(9)14/h3-5H,14H2,1-2H3,(H,15,16). The van der Waals surface area contributed by atoms with Crippen molar-refractivity contribution in [3.05, 3.63) is 35.5 Å². The molecule has 0 aliphatic heterocycles. The molecule has 90 valence electrons. The average Bonchev–Trinajstić information content (AvgIpc) is 2.54. The maximum atomic E-state index is 13.2. The molecule has 0 unspecified atom stereocenters. The van der Waals surface area contributed by atoms with Gasteiger partial charge in [-0.2, -0.15) is 5.10 Å². The molecule has 0 aliphatic rings. The molecule has 2 aromatic rings. The van der Waals surface area contributed by atoms with E-state index in [0.717, 1.165) is 17.8 Å². The van der Waals surface area contributed by atoms with Gasteiger partial charge in [-0.3, -0.25) is 4.68 Å². The minimum Gasteiger partial charge on any atom is -0.395 e. The van der Waals surface area contributed by atoms with Crippen LogP contribution in [0, 0.1) is 18.6 Å². The second-order valence-corrected chi connectivity index (χ2v) is 3.77. The lowest BCUT2D eigenvalue weighted by molar-refractivity contribution is 0.587. The Morgan fingerprint density at radius 2 is 2.00 bits per heavy atom. The summed E-state index contributed by atoms with van der Waals surface area (Å²) in [6.45, 7) is 1.87. The zero-order chi connectivity index (χ0) is 12.6. The Bertz CT molecular complexity index is 543. The molecular formula is C11H12F2N4. The molecule has 0 amide bonds. The van der Waals surface area contributed by atoms with E-state index in [9.17, 15) is 8.78 Å². The van der Waals surface area contributed by atoms with Crippen LogP contribution in [0.25, 0.3) is 0 Å². The zero-order valence-electron chi connectivity index (χ0n) is 9.46. The van der Waals surface area contributed by atoms with E-state index in [4.69, 9.17) is 5.73 Å². The minimum absolute atomic E-state index is 0.130. The topological polar surface area (TPSA) is 55.9 Å². The van der Waals surface area contributed by atoms with Gasteiger partial charge in [-0.05, 0) is 13.0 Å². The van der Waals surface area contributed by atoms with Gasteiger partial charge in [0.1, 0.15) is 5.82 Å². The van der Waals surface area contributed by atoms with Gasteiger partial charge in [0.05, 0.1) is 11.4 Å². The highest BCUT2D eigenvalue weighted by molar-refractivity contribution is 5.71. The Morgan fingerprint density at radius 3 is 2.59 bits per heavy atom. The van der Waals surface area contributed by atoms with Crippen LogP contribution < -0.4 is 11.1 Å². The maximum Gasteiger partial charge on any atom is 0.152 e. The zero-order valence-corrected chi connectivity index (χ0v) is 9.46. The van der Waals surface area contributed by atoms with Crippen molar-refractivity contribution >= 4 is 17.2 Å². The first kappa shape index (κ1) is 11.4. The SMILES string of the molecule is Cc1cc(Nc2cc(F)cc(F)c2N)nn1C. The molecule has 0 saturated heterocycles. The van der Waals surface area contributed by atoms with E-state index in [-0.39, 0.29) is 11.4 Å². The van der Waals surface area contributed by atoms with Crippen LogP contribution in [-0.2, 0) is 7.05 Å². The van der Waals surface area contributed by atoms with Crippen molar-refractivity contribution in [2.45, 2.75) is 6.92 Å². The predicted molar refractivity (Wildman–Crippen MR) is 62.0 cm³/mol. The number of nitrogen functional groups attached to an aromatic ring is 1. The second-order valence-electron chi connectivity index (χ2n) is 3.77. The van der Waals surface area contributed by atoms with Gasteiger partial charge < -0.3 is 11.1 Å². The van der Waals surface area contributed by atoms with E-state index in [2.05, 4.69) is 10.4 Å². The Morgan fingerprint density at radius 1 is 1.29 bits per heavy atom. The lowest BCUT2D eigenvalue weighted by Gasteiger charge is -2.07. The summed E-state index contributed by atoms with van der Waals surface area (Å²) in [7, 11) is 1.77. The average molecular weight is 238 g/mol. The second kappa shape index (κ2) is 4.04. The molecule has 17 heavy (non-hydrogen) atoms. The molecular weight excluding hydrogens is 226 g/mol. The summed E-state index contributed by atoms with van der Waals surface area (Å²) in [5, 5.41) is 6.89. The van der Waals surface area contributed by atoms with E-state index in [1.54, 1.807) is 17.8 Å². The summed E-state index contributed by atoms with van der Waals surface area (Å²) >= 11 is 0. The number of benzene rings is 1. The van der Waals surface area contributed by atoms with Gasteiger partial charge in [0.2, 0.25) is 0 Å². The minimum atomic E-state index is -0.792. The van der Waals surface area contributed by atoms with Gasteiger partial charge in [-0.15, -0.1) is 0 Å². The molecule has 0 atom stereocenters. The Balaban J connectivity index is 2.36. The van der Waals surface area contributed by atoms with Crippen molar-refractivity contribution in [3.63, 3.8) is 0 Å². The maximum absolute atomic E-state index is 13.2. The molecule has 0 spiro atoms.